The van der Waals surface area contributed by atoms with E-state index in [9.17, 15) is 0 Å². The summed E-state index contributed by atoms with van der Waals surface area (Å²) < 4.78 is 5.92. The number of pyridine rings is 1. The van der Waals surface area contributed by atoms with Gasteiger partial charge in [-0.1, -0.05) is 13.8 Å². The van der Waals surface area contributed by atoms with Crippen LogP contribution in [0.25, 0.3) is 0 Å². The number of nitrogens with two attached hydrogens (primary N) is 1. The van der Waals surface area contributed by atoms with Crippen LogP contribution in [-0.4, -0.2) is 53.1 Å². The van der Waals surface area contributed by atoms with Crippen LogP contribution < -0.4 is 15.4 Å². The molecule has 0 amide bonds. The summed E-state index contributed by atoms with van der Waals surface area (Å²) in [4.78, 5) is 17.7. The molecule has 9 heteroatoms. The molecule has 0 bridgehead atoms. The smallest absolute Gasteiger partial charge is 0.213 e. The van der Waals surface area contributed by atoms with Gasteiger partial charge in [0.15, 0.2) is 11.1 Å². The molecule has 1 fully saturated rings. The van der Waals surface area contributed by atoms with Crippen LogP contribution in [-0.2, 0) is 6.54 Å². The number of guanidine groups is 1. The monoisotopic (exact) mass is 530 g/mol. The number of aromatic nitrogens is 2. The highest BCUT2D eigenvalue weighted by Gasteiger charge is 2.19. The second kappa shape index (κ2) is 11.5. The standard InChI is InChI=1S/C20H30N6OS.HI/c1-15(2)12-16(3)27-18-13-17(4-5-22-18)14-24-19(21)25-7-9-26(10-8-25)20-23-6-11-28-20;/h4-6,11,13,15-16H,7-10,12,14H2,1-3H3,(H2,21,24);1H. The van der Waals surface area contributed by atoms with Crippen molar-refractivity contribution >= 4 is 46.4 Å². The largest absolute Gasteiger partial charge is 0.475 e. The zero-order chi connectivity index (χ0) is 19.9. The van der Waals surface area contributed by atoms with Gasteiger partial charge >= 0.3 is 0 Å². The molecule has 0 radical (unpaired) electrons. The summed E-state index contributed by atoms with van der Waals surface area (Å²) in [5, 5.41) is 3.08. The van der Waals surface area contributed by atoms with Crippen LogP contribution in [0.15, 0.2) is 34.9 Å². The van der Waals surface area contributed by atoms with Crippen molar-refractivity contribution in [3.05, 3.63) is 35.5 Å². The summed E-state index contributed by atoms with van der Waals surface area (Å²) >= 11 is 1.67. The van der Waals surface area contributed by atoms with Crippen molar-refractivity contribution in [1.29, 1.82) is 0 Å². The van der Waals surface area contributed by atoms with E-state index in [4.69, 9.17) is 10.5 Å². The molecular weight excluding hydrogens is 499 g/mol. The Morgan fingerprint density at radius 1 is 1.21 bits per heavy atom. The number of thiazole rings is 1. The van der Waals surface area contributed by atoms with Crippen molar-refractivity contribution in [2.24, 2.45) is 16.6 Å². The molecule has 1 aliphatic rings. The molecular formula is C20H31IN6OS. The molecule has 1 atom stereocenters. The van der Waals surface area contributed by atoms with Gasteiger partial charge in [0.05, 0.1) is 12.6 Å². The van der Waals surface area contributed by atoms with Crippen LogP contribution in [0.1, 0.15) is 32.8 Å². The molecule has 0 aromatic carbocycles. The van der Waals surface area contributed by atoms with Gasteiger partial charge in [0, 0.05) is 50.0 Å². The predicted octanol–water partition coefficient (Wildman–Crippen LogP) is 3.61. The fourth-order valence-electron chi connectivity index (χ4n) is 3.30. The van der Waals surface area contributed by atoms with Gasteiger partial charge in [-0.3, -0.25) is 0 Å². The maximum atomic E-state index is 6.23. The van der Waals surface area contributed by atoms with E-state index in [0.29, 0.717) is 24.3 Å². The Hall–Kier alpha value is -1.62. The van der Waals surface area contributed by atoms with Crippen LogP contribution in [0.5, 0.6) is 5.88 Å². The first kappa shape index (κ1) is 23.7. The van der Waals surface area contributed by atoms with Crippen LogP contribution in [0, 0.1) is 5.92 Å². The Morgan fingerprint density at radius 2 is 1.97 bits per heavy atom. The lowest BCUT2D eigenvalue weighted by Gasteiger charge is -2.35. The number of anilines is 1. The first-order valence-electron chi connectivity index (χ1n) is 9.82. The highest BCUT2D eigenvalue weighted by Crippen LogP contribution is 2.19. The van der Waals surface area contributed by atoms with E-state index in [-0.39, 0.29) is 30.1 Å². The molecule has 2 aromatic heterocycles. The van der Waals surface area contributed by atoms with Crippen molar-refractivity contribution in [2.45, 2.75) is 39.8 Å². The lowest BCUT2D eigenvalue weighted by molar-refractivity contribution is 0.185. The molecule has 0 spiro atoms. The highest BCUT2D eigenvalue weighted by molar-refractivity contribution is 14.0. The number of hydrogen-bond acceptors (Lipinski definition) is 6. The maximum Gasteiger partial charge on any atom is 0.213 e. The third kappa shape index (κ3) is 7.29. The van der Waals surface area contributed by atoms with Crippen molar-refractivity contribution in [3.63, 3.8) is 0 Å². The molecule has 7 nitrogen and oxygen atoms in total. The minimum atomic E-state index is 0. The molecule has 1 saturated heterocycles. The van der Waals surface area contributed by atoms with Crippen LogP contribution >= 0.6 is 35.3 Å². The van der Waals surface area contributed by atoms with Gasteiger partial charge < -0.3 is 20.3 Å². The van der Waals surface area contributed by atoms with Gasteiger partial charge in [-0.2, -0.15) is 0 Å². The van der Waals surface area contributed by atoms with E-state index < -0.39 is 0 Å². The van der Waals surface area contributed by atoms with Crippen molar-refractivity contribution in [1.82, 2.24) is 14.9 Å². The second-order valence-electron chi connectivity index (χ2n) is 7.52. The van der Waals surface area contributed by atoms with Crippen LogP contribution in [0.4, 0.5) is 5.13 Å². The molecule has 0 aliphatic carbocycles. The quantitative estimate of drug-likeness (QED) is 0.335. The Bertz CT molecular complexity index is 762. The van der Waals surface area contributed by atoms with Crippen molar-refractivity contribution in [2.75, 3.05) is 31.1 Å². The Labute approximate surface area is 194 Å². The van der Waals surface area contributed by atoms with Crippen LogP contribution in [0.2, 0.25) is 0 Å². The summed E-state index contributed by atoms with van der Waals surface area (Å²) in [6.45, 7) is 10.5. The van der Waals surface area contributed by atoms with Gasteiger partial charge in [0.1, 0.15) is 0 Å². The number of halogens is 1. The molecule has 1 unspecified atom stereocenters. The number of ether oxygens (including phenoxy) is 1. The average molecular weight is 530 g/mol. The molecule has 2 aromatic rings. The average Bonchev–Trinajstić information content (AvgIpc) is 3.20. The summed E-state index contributed by atoms with van der Waals surface area (Å²) in [6.07, 6.45) is 4.76. The van der Waals surface area contributed by atoms with Crippen LogP contribution in [0.3, 0.4) is 0 Å². The summed E-state index contributed by atoms with van der Waals surface area (Å²) in [5.41, 5.74) is 7.28. The number of rotatable bonds is 7. The summed E-state index contributed by atoms with van der Waals surface area (Å²) in [7, 11) is 0. The number of hydrogen-bond donors (Lipinski definition) is 1. The fourth-order valence-corrected chi connectivity index (χ4v) is 4.00. The third-order valence-electron chi connectivity index (χ3n) is 4.64. The second-order valence-corrected chi connectivity index (χ2v) is 8.40. The molecule has 160 valence electrons. The van der Waals surface area contributed by atoms with Gasteiger partial charge in [0.2, 0.25) is 5.88 Å². The molecule has 1 aliphatic heterocycles. The minimum absolute atomic E-state index is 0. The van der Waals surface area contributed by atoms with Crippen molar-refractivity contribution in [3.8, 4) is 5.88 Å². The number of piperazine rings is 1. The minimum Gasteiger partial charge on any atom is -0.475 e. The van der Waals surface area contributed by atoms with Gasteiger partial charge in [-0.05, 0) is 30.9 Å². The summed E-state index contributed by atoms with van der Waals surface area (Å²) in [5.74, 6) is 1.83. The van der Waals surface area contributed by atoms with E-state index in [1.54, 1.807) is 17.5 Å². The van der Waals surface area contributed by atoms with Gasteiger partial charge in [-0.25, -0.2) is 15.0 Å². The van der Waals surface area contributed by atoms with E-state index >= 15 is 0 Å². The topological polar surface area (TPSA) is 79.9 Å². The molecule has 0 saturated carbocycles. The van der Waals surface area contributed by atoms with E-state index in [1.807, 2.05) is 23.7 Å². The van der Waals surface area contributed by atoms with Gasteiger partial charge in [0.25, 0.3) is 0 Å². The lowest BCUT2D eigenvalue weighted by atomic mass is 10.1. The first-order chi connectivity index (χ1) is 13.5. The predicted molar refractivity (Wildman–Crippen MR) is 130 cm³/mol. The normalized spacial score (nSPS) is 15.9. The Balaban J connectivity index is 0.00000300. The lowest BCUT2D eigenvalue weighted by Crippen LogP contribution is -2.51. The molecule has 2 N–H and O–H groups in total. The Kier molecular flexibility index (Phi) is 9.41. The van der Waals surface area contributed by atoms with E-state index in [1.165, 1.54) is 0 Å². The van der Waals surface area contributed by atoms with E-state index in [0.717, 1.165) is 43.3 Å². The third-order valence-corrected chi connectivity index (χ3v) is 5.47. The SMILES string of the molecule is CC(C)CC(C)Oc1cc(CN=C(N)N2CCN(c3nccs3)CC2)ccn1.I. The maximum absolute atomic E-state index is 6.23. The number of nitrogens with zero attached hydrogens (tertiary/aromatic N) is 5. The van der Waals surface area contributed by atoms with Crippen molar-refractivity contribution < 1.29 is 4.74 Å². The first-order valence-corrected chi connectivity index (χ1v) is 10.7. The molecule has 29 heavy (non-hydrogen) atoms. The zero-order valence-electron chi connectivity index (χ0n) is 17.3. The van der Waals surface area contributed by atoms with Gasteiger partial charge in [-0.15, -0.1) is 35.3 Å². The molecule has 3 heterocycles. The summed E-state index contributed by atoms with van der Waals surface area (Å²) in [6, 6.07) is 3.91. The zero-order valence-corrected chi connectivity index (χ0v) is 20.5. The highest BCUT2D eigenvalue weighted by atomic mass is 127. The van der Waals surface area contributed by atoms with E-state index in [2.05, 4.69) is 45.5 Å². The fraction of sp³-hybridized carbons (Fsp3) is 0.550. The number of aliphatic imine (C=N–C) groups is 1. The molecule has 3 rings (SSSR count). The Morgan fingerprint density at radius 3 is 2.62 bits per heavy atom.